The molecule has 28 heavy (non-hydrogen) atoms. The van der Waals surface area contributed by atoms with E-state index < -0.39 is 0 Å². The Morgan fingerprint density at radius 3 is 2.50 bits per heavy atom. The Labute approximate surface area is 171 Å². The second-order valence-corrected chi connectivity index (χ2v) is 8.41. The number of likely N-dealkylation sites (N-methyl/N-ethyl adjacent to an activating group) is 1. The summed E-state index contributed by atoms with van der Waals surface area (Å²) in [5.41, 5.74) is 0.737. The first-order chi connectivity index (χ1) is 13.4. The third-order valence-electron chi connectivity index (χ3n) is 5.58. The van der Waals surface area contributed by atoms with Crippen LogP contribution >= 0.6 is 11.6 Å². The number of carbonyl (C=O) groups excluding carboxylic acids is 2. The summed E-state index contributed by atoms with van der Waals surface area (Å²) >= 11 is 5.89. The van der Waals surface area contributed by atoms with Crippen LogP contribution in [-0.2, 0) is 9.53 Å². The van der Waals surface area contributed by atoms with Gasteiger partial charge in [0.2, 0.25) is 5.91 Å². The van der Waals surface area contributed by atoms with E-state index in [0.717, 1.165) is 31.6 Å². The van der Waals surface area contributed by atoms with Crippen molar-refractivity contribution in [3.63, 3.8) is 0 Å². The van der Waals surface area contributed by atoms with E-state index in [1.165, 1.54) is 0 Å². The number of carbonyl (C=O) groups is 2. The minimum absolute atomic E-state index is 0.000144. The zero-order valence-electron chi connectivity index (χ0n) is 16.6. The highest BCUT2D eigenvalue weighted by Gasteiger charge is 2.39. The number of urea groups is 1. The molecule has 1 aromatic rings. The van der Waals surface area contributed by atoms with Crippen molar-refractivity contribution < 1.29 is 14.3 Å². The quantitative estimate of drug-likeness (QED) is 0.833. The summed E-state index contributed by atoms with van der Waals surface area (Å²) in [4.78, 5) is 30.3. The Hall–Kier alpha value is -1.83. The number of rotatable bonds is 3. The normalized spacial score (nSPS) is 19.9. The van der Waals surface area contributed by atoms with Crippen LogP contribution in [0, 0.1) is 5.41 Å². The Morgan fingerprint density at radius 2 is 1.86 bits per heavy atom. The Morgan fingerprint density at radius 1 is 1.18 bits per heavy atom. The van der Waals surface area contributed by atoms with Gasteiger partial charge in [-0.2, -0.15) is 0 Å². The first-order valence-corrected chi connectivity index (χ1v) is 10.1. The summed E-state index contributed by atoms with van der Waals surface area (Å²) in [7, 11) is 3.56. The topological polar surface area (TPSA) is 65.1 Å². The highest BCUT2D eigenvalue weighted by atomic mass is 35.5. The van der Waals surface area contributed by atoms with E-state index in [1.54, 1.807) is 43.3 Å². The van der Waals surface area contributed by atoms with Gasteiger partial charge in [0.1, 0.15) is 0 Å². The average Bonchev–Trinajstić information content (AvgIpc) is 2.86. The third kappa shape index (κ3) is 5.37. The first kappa shape index (κ1) is 20.9. The molecule has 0 aromatic heterocycles. The van der Waals surface area contributed by atoms with E-state index in [1.807, 2.05) is 4.90 Å². The largest absolute Gasteiger partial charge is 0.379 e. The van der Waals surface area contributed by atoms with Crippen molar-refractivity contribution in [1.29, 1.82) is 0 Å². The van der Waals surface area contributed by atoms with E-state index in [4.69, 9.17) is 16.3 Å². The lowest BCUT2D eigenvalue weighted by molar-refractivity contribution is -0.130. The predicted octanol–water partition coefficient (Wildman–Crippen LogP) is 2.37. The highest BCUT2D eigenvalue weighted by Crippen LogP contribution is 2.34. The molecule has 1 spiro atoms. The maximum atomic E-state index is 12.6. The summed E-state index contributed by atoms with van der Waals surface area (Å²) in [6.07, 6.45) is 1.74. The van der Waals surface area contributed by atoms with Crippen molar-refractivity contribution in [2.75, 3.05) is 65.3 Å². The number of anilines is 1. The van der Waals surface area contributed by atoms with Gasteiger partial charge in [-0.25, -0.2) is 4.79 Å². The van der Waals surface area contributed by atoms with E-state index >= 15 is 0 Å². The van der Waals surface area contributed by atoms with Crippen molar-refractivity contribution in [3.8, 4) is 0 Å². The second-order valence-electron chi connectivity index (χ2n) is 7.98. The average molecular weight is 409 g/mol. The monoisotopic (exact) mass is 408 g/mol. The molecule has 8 heteroatoms. The number of nitrogens with one attached hydrogen (secondary N) is 1. The second kappa shape index (κ2) is 9.11. The van der Waals surface area contributed by atoms with Crippen molar-refractivity contribution in [2.45, 2.75) is 12.8 Å². The van der Waals surface area contributed by atoms with E-state index in [-0.39, 0.29) is 17.4 Å². The molecule has 7 nitrogen and oxygen atoms in total. The number of ether oxygens (including phenoxy) is 1. The number of benzene rings is 1. The van der Waals surface area contributed by atoms with Gasteiger partial charge in [0.05, 0.1) is 19.8 Å². The van der Waals surface area contributed by atoms with Crippen LogP contribution in [0.15, 0.2) is 24.3 Å². The van der Waals surface area contributed by atoms with Crippen LogP contribution < -0.4 is 5.32 Å². The smallest absolute Gasteiger partial charge is 0.321 e. The number of nitrogens with zero attached hydrogens (tertiary/aromatic N) is 3. The molecule has 2 fully saturated rings. The number of hydrogen-bond donors (Lipinski definition) is 1. The molecule has 0 bridgehead atoms. The van der Waals surface area contributed by atoms with Crippen molar-refractivity contribution in [2.24, 2.45) is 5.41 Å². The lowest BCUT2D eigenvalue weighted by Crippen LogP contribution is -2.50. The van der Waals surface area contributed by atoms with Crippen molar-refractivity contribution in [3.05, 3.63) is 29.3 Å². The molecule has 2 saturated heterocycles. The molecular weight excluding hydrogens is 380 g/mol. The van der Waals surface area contributed by atoms with Crippen LogP contribution in [-0.4, -0.2) is 86.7 Å². The van der Waals surface area contributed by atoms with Gasteiger partial charge in [-0.1, -0.05) is 11.6 Å². The zero-order valence-corrected chi connectivity index (χ0v) is 17.4. The van der Waals surface area contributed by atoms with Crippen molar-refractivity contribution in [1.82, 2.24) is 14.7 Å². The van der Waals surface area contributed by atoms with Gasteiger partial charge in [0.25, 0.3) is 0 Å². The van der Waals surface area contributed by atoms with Gasteiger partial charge in [-0.3, -0.25) is 9.69 Å². The minimum atomic E-state index is -0.0913. The molecule has 2 aliphatic rings. The molecule has 0 radical (unpaired) electrons. The van der Waals surface area contributed by atoms with Gasteiger partial charge in [0, 0.05) is 56.4 Å². The molecular formula is C20H29ClN4O3. The maximum absolute atomic E-state index is 12.6. The van der Waals surface area contributed by atoms with Crippen LogP contribution in [0.3, 0.4) is 0 Å². The summed E-state index contributed by atoms with van der Waals surface area (Å²) in [6.45, 7) is 4.70. The molecule has 154 valence electrons. The van der Waals surface area contributed by atoms with Gasteiger partial charge in [0.15, 0.2) is 0 Å². The van der Waals surface area contributed by atoms with Gasteiger partial charge in [-0.15, -0.1) is 0 Å². The molecule has 3 rings (SSSR count). The molecule has 2 aliphatic heterocycles. The fraction of sp³-hybridized carbons (Fsp3) is 0.600. The molecule has 3 amide bonds. The Bertz CT molecular complexity index is 687. The summed E-state index contributed by atoms with van der Waals surface area (Å²) < 4.78 is 5.86. The number of piperidine rings is 1. The number of amides is 3. The molecule has 0 aliphatic carbocycles. The fourth-order valence-corrected chi connectivity index (χ4v) is 3.90. The predicted molar refractivity (Wildman–Crippen MR) is 110 cm³/mol. The number of likely N-dealkylation sites (tertiary alicyclic amines) is 1. The van der Waals surface area contributed by atoms with Gasteiger partial charge < -0.3 is 19.9 Å². The van der Waals surface area contributed by atoms with Crippen LogP contribution in [0.4, 0.5) is 10.5 Å². The highest BCUT2D eigenvalue weighted by molar-refractivity contribution is 6.30. The van der Waals surface area contributed by atoms with Gasteiger partial charge >= 0.3 is 6.03 Å². The standard InChI is InChI=1S/C20H29ClN4O3/c1-23(2)18(26)13-24-11-12-28-15-20(14-24)7-9-25(10-8-20)19(27)22-17-5-3-16(21)4-6-17/h3-6H,7-15H2,1-2H3,(H,22,27). The van der Waals surface area contributed by atoms with Crippen LogP contribution in [0.25, 0.3) is 0 Å². The SMILES string of the molecule is CN(C)C(=O)CN1CCOCC2(CCN(C(=O)Nc3ccc(Cl)cc3)CC2)C1. The third-order valence-corrected chi connectivity index (χ3v) is 5.84. The minimum Gasteiger partial charge on any atom is -0.379 e. The van der Waals surface area contributed by atoms with Crippen molar-refractivity contribution >= 4 is 29.2 Å². The molecule has 0 atom stereocenters. The first-order valence-electron chi connectivity index (χ1n) is 9.69. The van der Waals surface area contributed by atoms with E-state index in [0.29, 0.717) is 37.9 Å². The van der Waals surface area contributed by atoms with Crippen LogP contribution in [0.2, 0.25) is 5.02 Å². The Balaban J connectivity index is 1.55. The fourth-order valence-electron chi connectivity index (χ4n) is 3.77. The van der Waals surface area contributed by atoms with Crippen LogP contribution in [0.5, 0.6) is 0 Å². The Kier molecular flexibility index (Phi) is 6.80. The van der Waals surface area contributed by atoms with Crippen LogP contribution in [0.1, 0.15) is 12.8 Å². The number of hydrogen-bond acceptors (Lipinski definition) is 4. The molecule has 1 N–H and O–H groups in total. The summed E-state index contributed by atoms with van der Waals surface area (Å²) in [6, 6.07) is 7.02. The molecule has 0 unspecified atom stereocenters. The lowest BCUT2D eigenvalue weighted by atomic mass is 9.78. The number of halogens is 1. The molecule has 1 aromatic carbocycles. The lowest BCUT2D eigenvalue weighted by Gasteiger charge is -2.42. The van der Waals surface area contributed by atoms with E-state index in [2.05, 4.69) is 10.2 Å². The maximum Gasteiger partial charge on any atom is 0.321 e. The van der Waals surface area contributed by atoms with E-state index in [9.17, 15) is 9.59 Å². The molecule has 2 heterocycles. The van der Waals surface area contributed by atoms with Gasteiger partial charge in [-0.05, 0) is 37.1 Å². The zero-order chi connectivity index (χ0) is 20.1. The summed E-state index contributed by atoms with van der Waals surface area (Å²) in [5, 5.41) is 3.57. The summed E-state index contributed by atoms with van der Waals surface area (Å²) in [5.74, 6) is 0.108. The molecule has 0 saturated carbocycles.